The maximum Gasteiger partial charge on any atom is 0.0713 e. The molecule has 20 heavy (non-hydrogen) atoms. The molecule has 3 rings (SSSR count). The highest BCUT2D eigenvalue weighted by atomic mass is 32.2. The van der Waals surface area contributed by atoms with Crippen molar-refractivity contribution in [1.29, 1.82) is 0 Å². The van der Waals surface area contributed by atoms with Gasteiger partial charge in [-0.1, -0.05) is 13.3 Å². The minimum absolute atomic E-state index is 0.218. The van der Waals surface area contributed by atoms with Crippen molar-refractivity contribution in [2.75, 3.05) is 31.2 Å². The topological polar surface area (TPSA) is 38.5 Å². The van der Waals surface area contributed by atoms with Crippen molar-refractivity contribution in [3.05, 3.63) is 0 Å². The molecule has 3 aliphatic rings. The van der Waals surface area contributed by atoms with Crippen LogP contribution < -0.4 is 5.73 Å². The predicted molar refractivity (Wildman–Crippen MR) is 86.2 cm³/mol. The van der Waals surface area contributed by atoms with Gasteiger partial charge in [0.05, 0.1) is 5.60 Å². The van der Waals surface area contributed by atoms with Crippen LogP contribution in [0.3, 0.4) is 0 Å². The average molecular weight is 298 g/mol. The van der Waals surface area contributed by atoms with E-state index < -0.39 is 0 Å². The molecule has 0 aromatic carbocycles. The maximum absolute atomic E-state index is 6.26. The van der Waals surface area contributed by atoms with Crippen LogP contribution in [0.25, 0.3) is 0 Å². The second-order valence-corrected chi connectivity index (χ2v) is 8.13. The summed E-state index contributed by atoms with van der Waals surface area (Å²) in [6.07, 6.45) is 7.42. The van der Waals surface area contributed by atoms with Crippen molar-refractivity contribution in [2.45, 2.75) is 63.1 Å². The van der Waals surface area contributed by atoms with Gasteiger partial charge >= 0.3 is 0 Å². The molecule has 3 unspecified atom stereocenters. The third-order valence-corrected chi connectivity index (χ3v) is 6.72. The van der Waals surface area contributed by atoms with Gasteiger partial charge in [-0.15, -0.1) is 0 Å². The lowest BCUT2D eigenvalue weighted by molar-refractivity contribution is -0.114. The largest absolute Gasteiger partial charge is 0.375 e. The molecule has 3 atom stereocenters. The third-order valence-electron chi connectivity index (χ3n) is 5.74. The number of piperidine rings is 1. The Balaban J connectivity index is 1.61. The highest BCUT2D eigenvalue weighted by molar-refractivity contribution is 7.99. The van der Waals surface area contributed by atoms with Gasteiger partial charge in [-0.2, -0.15) is 11.8 Å². The summed E-state index contributed by atoms with van der Waals surface area (Å²) in [5.41, 5.74) is 6.48. The van der Waals surface area contributed by atoms with E-state index in [9.17, 15) is 0 Å². The minimum Gasteiger partial charge on any atom is -0.375 e. The summed E-state index contributed by atoms with van der Waals surface area (Å²) in [7, 11) is 0. The molecule has 0 bridgehead atoms. The van der Waals surface area contributed by atoms with E-state index in [0.717, 1.165) is 12.6 Å². The van der Waals surface area contributed by atoms with Gasteiger partial charge in [0.1, 0.15) is 0 Å². The molecular formula is C16H30N2OS. The monoisotopic (exact) mass is 298 g/mol. The molecule has 3 nitrogen and oxygen atoms in total. The first-order valence-corrected chi connectivity index (χ1v) is 9.59. The van der Waals surface area contributed by atoms with E-state index in [1.165, 1.54) is 63.1 Å². The van der Waals surface area contributed by atoms with Crippen molar-refractivity contribution in [3.63, 3.8) is 0 Å². The Bertz CT molecular complexity index is 314. The molecule has 3 aliphatic heterocycles. The molecule has 1 spiro atoms. The second-order valence-electron chi connectivity index (χ2n) is 6.91. The molecule has 0 aromatic rings. The maximum atomic E-state index is 6.26. The standard InChI is InChI=1S/C16H30N2OS/c1-2-13-12-18(7-3-15(13)17)14-4-8-19-16(11-14)5-9-20-10-6-16/h13-15H,2-12,17H2,1H3. The van der Waals surface area contributed by atoms with Gasteiger partial charge in [-0.3, -0.25) is 4.90 Å². The average Bonchev–Trinajstić information content (AvgIpc) is 2.48. The van der Waals surface area contributed by atoms with Crippen LogP contribution in [0.2, 0.25) is 0 Å². The quantitative estimate of drug-likeness (QED) is 0.850. The molecule has 3 saturated heterocycles. The zero-order chi connectivity index (χ0) is 14.0. The van der Waals surface area contributed by atoms with Crippen LogP contribution in [0, 0.1) is 5.92 Å². The Morgan fingerprint density at radius 3 is 2.85 bits per heavy atom. The van der Waals surface area contributed by atoms with Gasteiger partial charge < -0.3 is 10.5 Å². The first kappa shape index (κ1) is 15.1. The summed E-state index contributed by atoms with van der Waals surface area (Å²) in [6.45, 7) is 5.67. The van der Waals surface area contributed by atoms with Crippen LogP contribution in [-0.2, 0) is 4.74 Å². The molecule has 4 heteroatoms. The first-order valence-electron chi connectivity index (χ1n) is 8.44. The number of rotatable bonds is 2. The van der Waals surface area contributed by atoms with Crippen LogP contribution in [0.4, 0.5) is 0 Å². The van der Waals surface area contributed by atoms with Gasteiger partial charge in [0.15, 0.2) is 0 Å². The van der Waals surface area contributed by atoms with Crippen molar-refractivity contribution in [1.82, 2.24) is 4.90 Å². The second kappa shape index (κ2) is 6.55. The molecule has 0 radical (unpaired) electrons. The lowest BCUT2D eigenvalue weighted by atomic mass is 9.82. The zero-order valence-corrected chi connectivity index (χ0v) is 13.7. The van der Waals surface area contributed by atoms with Gasteiger partial charge in [0.25, 0.3) is 0 Å². The molecule has 0 saturated carbocycles. The molecule has 0 aromatic heterocycles. The summed E-state index contributed by atoms with van der Waals surface area (Å²) in [4.78, 5) is 2.74. The predicted octanol–water partition coefficient (Wildman–Crippen LogP) is 2.49. The number of thioether (sulfide) groups is 1. The van der Waals surface area contributed by atoms with Gasteiger partial charge in [0.2, 0.25) is 0 Å². The number of hydrogen-bond donors (Lipinski definition) is 1. The van der Waals surface area contributed by atoms with Crippen molar-refractivity contribution >= 4 is 11.8 Å². The van der Waals surface area contributed by atoms with Crippen LogP contribution in [0.1, 0.15) is 45.4 Å². The fourth-order valence-electron chi connectivity index (χ4n) is 4.25. The highest BCUT2D eigenvalue weighted by Crippen LogP contribution is 2.39. The van der Waals surface area contributed by atoms with E-state index in [0.29, 0.717) is 12.0 Å². The summed E-state index contributed by atoms with van der Waals surface area (Å²) < 4.78 is 6.24. The molecule has 0 aliphatic carbocycles. The van der Waals surface area contributed by atoms with E-state index >= 15 is 0 Å². The Hall–Kier alpha value is 0.230. The molecule has 0 amide bonds. The van der Waals surface area contributed by atoms with Gasteiger partial charge in [-0.25, -0.2) is 0 Å². The van der Waals surface area contributed by atoms with E-state index in [1.807, 2.05) is 0 Å². The number of hydrogen-bond acceptors (Lipinski definition) is 4. The summed E-state index contributed by atoms with van der Waals surface area (Å²) >= 11 is 2.09. The Morgan fingerprint density at radius 2 is 2.10 bits per heavy atom. The molecule has 3 fully saturated rings. The number of ether oxygens (including phenoxy) is 1. The van der Waals surface area contributed by atoms with E-state index in [2.05, 4.69) is 23.6 Å². The number of nitrogens with two attached hydrogens (primary N) is 1. The van der Waals surface area contributed by atoms with Crippen molar-refractivity contribution < 1.29 is 4.74 Å². The number of likely N-dealkylation sites (tertiary alicyclic amines) is 1. The molecule has 116 valence electrons. The normalized spacial score (nSPS) is 39.0. The Labute approximate surface area is 128 Å². The minimum atomic E-state index is 0.218. The Morgan fingerprint density at radius 1 is 1.30 bits per heavy atom. The SMILES string of the molecule is CCC1CN(C2CCOC3(CCSCC3)C2)CCC1N. The van der Waals surface area contributed by atoms with Crippen LogP contribution in [-0.4, -0.2) is 53.8 Å². The van der Waals surface area contributed by atoms with E-state index in [1.54, 1.807) is 0 Å². The van der Waals surface area contributed by atoms with Gasteiger partial charge in [-0.05, 0) is 56.1 Å². The summed E-state index contributed by atoms with van der Waals surface area (Å²) in [6, 6.07) is 1.17. The van der Waals surface area contributed by atoms with Crippen LogP contribution >= 0.6 is 11.8 Å². The van der Waals surface area contributed by atoms with Crippen molar-refractivity contribution in [3.8, 4) is 0 Å². The first-order chi connectivity index (χ1) is 9.72. The lowest BCUT2D eigenvalue weighted by Gasteiger charge is -2.49. The highest BCUT2D eigenvalue weighted by Gasteiger charge is 2.41. The van der Waals surface area contributed by atoms with Gasteiger partial charge in [0, 0.05) is 25.2 Å². The van der Waals surface area contributed by atoms with Crippen LogP contribution in [0.5, 0.6) is 0 Å². The number of nitrogens with zero attached hydrogens (tertiary/aromatic N) is 1. The van der Waals surface area contributed by atoms with Crippen LogP contribution in [0.15, 0.2) is 0 Å². The fourth-order valence-corrected chi connectivity index (χ4v) is 5.48. The fraction of sp³-hybridized carbons (Fsp3) is 1.00. The summed E-state index contributed by atoms with van der Waals surface area (Å²) in [5, 5.41) is 0. The molecule has 2 N–H and O–H groups in total. The molecular weight excluding hydrogens is 268 g/mol. The van der Waals surface area contributed by atoms with E-state index in [-0.39, 0.29) is 5.60 Å². The Kier molecular flexibility index (Phi) is 4.96. The summed E-state index contributed by atoms with van der Waals surface area (Å²) in [5.74, 6) is 3.27. The van der Waals surface area contributed by atoms with Crippen molar-refractivity contribution in [2.24, 2.45) is 11.7 Å². The smallest absolute Gasteiger partial charge is 0.0713 e. The third kappa shape index (κ3) is 3.18. The van der Waals surface area contributed by atoms with E-state index in [4.69, 9.17) is 10.5 Å². The molecule has 3 heterocycles. The lowest BCUT2D eigenvalue weighted by Crippen LogP contribution is -2.55. The zero-order valence-electron chi connectivity index (χ0n) is 12.9.